The molecule has 15 heavy (non-hydrogen) atoms. The minimum absolute atomic E-state index is 0.277. The van der Waals surface area contributed by atoms with E-state index in [4.69, 9.17) is 9.47 Å². The second-order valence-corrected chi connectivity index (χ2v) is 3.76. The Hall–Kier alpha value is -0.610. The third kappa shape index (κ3) is 5.14. The number of hydrogen-bond donors (Lipinski definition) is 1. The second kappa shape index (κ2) is 7.65. The van der Waals surface area contributed by atoms with E-state index in [2.05, 4.69) is 12.2 Å². The van der Waals surface area contributed by atoms with Crippen molar-refractivity contribution in [2.75, 3.05) is 26.9 Å². The molecule has 0 aliphatic rings. The topological polar surface area (TPSA) is 47.6 Å². The van der Waals surface area contributed by atoms with Crippen molar-refractivity contribution < 1.29 is 14.3 Å². The summed E-state index contributed by atoms with van der Waals surface area (Å²) in [4.78, 5) is 11.5. The van der Waals surface area contributed by atoms with Crippen molar-refractivity contribution in [3.63, 3.8) is 0 Å². The first-order chi connectivity index (χ1) is 7.10. The van der Waals surface area contributed by atoms with Gasteiger partial charge in [-0.05, 0) is 19.9 Å². The Balaban J connectivity index is 4.07. The van der Waals surface area contributed by atoms with Gasteiger partial charge in [0.2, 0.25) is 0 Å². The molecule has 4 nitrogen and oxygen atoms in total. The lowest BCUT2D eigenvalue weighted by Crippen LogP contribution is -2.53. The average Bonchev–Trinajstić information content (AvgIpc) is 2.23. The molecule has 1 unspecified atom stereocenters. The number of nitrogens with one attached hydrogen (secondary N) is 1. The van der Waals surface area contributed by atoms with E-state index in [1.54, 1.807) is 6.92 Å². The molecule has 0 heterocycles. The van der Waals surface area contributed by atoms with Crippen LogP contribution in [0.1, 0.15) is 33.6 Å². The van der Waals surface area contributed by atoms with Gasteiger partial charge in [0.05, 0.1) is 13.7 Å². The minimum Gasteiger partial charge on any atom is -0.468 e. The molecular weight excluding hydrogens is 194 g/mol. The molecule has 0 amide bonds. The fourth-order valence-corrected chi connectivity index (χ4v) is 1.32. The molecule has 0 aromatic heterocycles. The van der Waals surface area contributed by atoms with Crippen molar-refractivity contribution in [3.05, 3.63) is 0 Å². The zero-order chi connectivity index (χ0) is 11.7. The summed E-state index contributed by atoms with van der Waals surface area (Å²) in [5.74, 6) is -0.277. The Labute approximate surface area is 92.3 Å². The van der Waals surface area contributed by atoms with E-state index in [0.29, 0.717) is 19.8 Å². The van der Waals surface area contributed by atoms with E-state index < -0.39 is 5.54 Å². The number of unbranched alkanes of at least 4 members (excludes halogenated alkanes) is 1. The van der Waals surface area contributed by atoms with Gasteiger partial charge in [-0.3, -0.25) is 0 Å². The Morgan fingerprint density at radius 1 is 1.40 bits per heavy atom. The van der Waals surface area contributed by atoms with Crippen LogP contribution in [0.25, 0.3) is 0 Å². The maximum atomic E-state index is 11.5. The highest BCUT2D eigenvalue weighted by Gasteiger charge is 2.33. The van der Waals surface area contributed by atoms with E-state index >= 15 is 0 Å². The van der Waals surface area contributed by atoms with Crippen molar-refractivity contribution in [2.45, 2.75) is 39.2 Å². The number of likely N-dealkylation sites (N-methyl/N-ethyl adjacent to an activating group) is 1. The van der Waals surface area contributed by atoms with Gasteiger partial charge in [-0.15, -0.1) is 0 Å². The van der Waals surface area contributed by atoms with Crippen LogP contribution < -0.4 is 5.32 Å². The smallest absolute Gasteiger partial charge is 0.328 e. The standard InChI is InChI=1S/C11H23NO3/c1-5-7-8-15-9-11(3,12-6-2)10(13)14-4/h12H,5-9H2,1-4H3. The van der Waals surface area contributed by atoms with Crippen molar-refractivity contribution in [1.82, 2.24) is 5.32 Å². The summed E-state index contributed by atoms with van der Waals surface area (Å²) < 4.78 is 10.2. The number of carbonyl (C=O) groups excluding carboxylic acids is 1. The first-order valence-electron chi connectivity index (χ1n) is 5.52. The molecule has 0 fully saturated rings. The van der Waals surface area contributed by atoms with Crippen LogP contribution in [0.3, 0.4) is 0 Å². The summed E-state index contributed by atoms with van der Waals surface area (Å²) in [5.41, 5.74) is -0.725. The van der Waals surface area contributed by atoms with Crippen molar-refractivity contribution in [3.8, 4) is 0 Å². The third-order valence-corrected chi connectivity index (χ3v) is 2.24. The van der Waals surface area contributed by atoms with Crippen molar-refractivity contribution in [2.24, 2.45) is 0 Å². The molecule has 0 aliphatic carbocycles. The third-order valence-electron chi connectivity index (χ3n) is 2.24. The molecule has 1 N–H and O–H groups in total. The SMILES string of the molecule is CCCCOCC(C)(NCC)C(=O)OC. The first kappa shape index (κ1) is 14.4. The molecule has 0 saturated carbocycles. The van der Waals surface area contributed by atoms with Crippen molar-refractivity contribution in [1.29, 1.82) is 0 Å². The minimum atomic E-state index is -0.725. The van der Waals surface area contributed by atoms with E-state index in [-0.39, 0.29) is 5.97 Å². The van der Waals surface area contributed by atoms with Crippen molar-refractivity contribution >= 4 is 5.97 Å². The molecule has 1 atom stereocenters. The Morgan fingerprint density at radius 2 is 2.07 bits per heavy atom. The van der Waals surface area contributed by atoms with E-state index in [1.807, 2.05) is 6.92 Å². The highest BCUT2D eigenvalue weighted by Crippen LogP contribution is 2.07. The number of rotatable bonds is 8. The predicted molar refractivity (Wildman–Crippen MR) is 59.8 cm³/mol. The van der Waals surface area contributed by atoms with Crippen LogP contribution in [0.5, 0.6) is 0 Å². The predicted octanol–water partition coefficient (Wildman–Crippen LogP) is 1.34. The van der Waals surface area contributed by atoms with Gasteiger partial charge in [0.15, 0.2) is 0 Å². The van der Waals surface area contributed by atoms with Gasteiger partial charge in [0.1, 0.15) is 5.54 Å². The number of carbonyl (C=O) groups is 1. The maximum absolute atomic E-state index is 11.5. The Kier molecular flexibility index (Phi) is 7.34. The van der Waals surface area contributed by atoms with E-state index in [0.717, 1.165) is 12.8 Å². The number of ether oxygens (including phenoxy) is 2. The molecule has 4 heteroatoms. The normalized spacial score (nSPS) is 14.7. The van der Waals surface area contributed by atoms with Crippen LogP contribution in [0.2, 0.25) is 0 Å². The molecule has 0 aliphatic heterocycles. The molecular formula is C11H23NO3. The summed E-state index contributed by atoms with van der Waals surface area (Å²) in [6.07, 6.45) is 2.11. The molecule has 0 saturated heterocycles. The fraction of sp³-hybridized carbons (Fsp3) is 0.909. The summed E-state index contributed by atoms with van der Waals surface area (Å²) >= 11 is 0. The number of hydrogen-bond acceptors (Lipinski definition) is 4. The van der Waals surface area contributed by atoms with E-state index in [1.165, 1.54) is 7.11 Å². The monoisotopic (exact) mass is 217 g/mol. The molecule has 0 radical (unpaired) electrons. The summed E-state index contributed by atoms with van der Waals surface area (Å²) in [7, 11) is 1.39. The number of methoxy groups -OCH3 is 1. The first-order valence-corrected chi connectivity index (χ1v) is 5.52. The highest BCUT2D eigenvalue weighted by atomic mass is 16.5. The zero-order valence-corrected chi connectivity index (χ0v) is 10.3. The molecule has 0 aromatic carbocycles. The quantitative estimate of drug-likeness (QED) is 0.492. The zero-order valence-electron chi connectivity index (χ0n) is 10.3. The lowest BCUT2D eigenvalue weighted by Gasteiger charge is -2.27. The van der Waals surface area contributed by atoms with Gasteiger partial charge in [-0.2, -0.15) is 0 Å². The largest absolute Gasteiger partial charge is 0.468 e. The molecule has 0 aromatic rings. The van der Waals surface area contributed by atoms with Gasteiger partial charge in [-0.25, -0.2) is 4.79 Å². The Morgan fingerprint density at radius 3 is 2.53 bits per heavy atom. The summed E-state index contributed by atoms with van der Waals surface area (Å²) in [6, 6.07) is 0. The molecule has 0 rings (SSSR count). The van der Waals surface area contributed by atoms with Gasteiger partial charge in [-0.1, -0.05) is 20.3 Å². The number of esters is 1. The van der Waals surface area contributed by atoms with Gasteiger partial charge in [0, 0.05) is 6.61 Å². The van der Waals surface area contributed by atoms with Crippen LogP contribution in [0.15, 0.2) is 0 Å². The van der Waals surface area contributed by atoms with Crippen LogP contribution in [0, 0.1) is 0 Å². The van der Waals surface area contributed by atoms with Gasteiger partial charge in [0.25, 0.3) is 0 Å². The van der Waals surface area contributed by atoms with Gasteiger partial charge < -0.3 is 14.8 Å². The Bertz CT molecular complexity index is 185. The van der Waals surface area contributed by atoms with Crippen LogP contribution >= 0.6 is 0 Å². The van der Waals surface area contributed by atoms with E-state index in [9.17, 15) is 4.79 Å². The fourth-order valence-electron chi connectivity index (χ4n) is 1.32. The summed E-state index contributed by atoms with van der Waals surface area (Å²) in [6.45, 7) is 7.61. The lowest BCUT2D eigenvalue weighted by molar-refractivity contribution is -0.150. The van der Waals surface area contributed by atoms with Crippen LogP contribution in [0.4, 0.5) is 0 Å². The van der Waals surface area contributed by atoms with Crippen LogP contribution in [-0.4, -0.2) is 38.4 Å². The highest BCUT2D eigenvalue weighted by molar-refractivity contribution is 5.80. The maximum Gasteiger partial charge on any atom is 0.328 e. The van der Waals surface area contributed by atoms with Gasteiger partial charge >= 0.3 is 5.97 Å². The average molecular weight is 217 g/mol. The molecule has 0 spiro atoms. The summed E-state index contributed by atoms with van der Waals surface area (Å²) in [5, 5.41) is 3.09. The molecule has 0 bridgehead atoms. The molecule has 90 valence electrons. The lowest BCUT2D eigenvalue weighted by atomic mass is 10.0. The van der Waals surface area contributed by atoms with Crippen LogP contribution in [-0.2, 0) is 14.3 Å². The second-order valence-electron chi connectivity index (χ2n) is 3.76.